The lowest BCUT2D eigenvalue weighted by molar-refractivity contribution is 0.414. The van der Waals surface area contributed by atoms with Gasteiger partial charge in [-0.3, -0.25) is 5.10 Å². The number of aromatic nitrogens is 2. The van der Waals surface area contributed by atoms with Crippen molar-refractivity contribution in [3.05, 3.63) is 41.7 Å². The summed E-state index contributed by atoms with van der Waals surface area (Å²) >= 11 is 0. The maximum Gasteiger partial charge on any atom is 0.118 e. The van der Waals surface area contributed by atoms with E-state index in [1.165, 1.54) is 5.56 Å². The molecule has 0 amide bonds. The van der Waals surface area contributed by atoms with Crippen molar-refractivity contribution in [2.24, 2.45) is 5.73 Å². The molecular weight excluding hydrogens is 228 g/mol. The molecule has 2 rings (SSSR count). The fourth-order valence-corrected chi connectivity index (χ4v) is 1.75. The molecule has 0 saturated carbocycles. The van der Waals surface area contributed by atoms with Crippen LogP contribution in [0.15, 0.2) is 30.5 Å². The third-order valence-electron chi connectivity index (χ3n) is 2.72. The van der Waals surface area contributed by atoms with Gasteiger partial charge in [0, 0.05) is 19.5 Å². The number of benzene rings is 1. The normalized spacial score (nSPS) is 10.3. The minimum atomic E-state index is 0.604. The van der Waals surface area contributed by atoms with Crippen LogP contribution in [-0.2, 0) is 6.42 Å². The molecule has 0 aliphatic rings. The van der Waals surface area contributed by atoms with E-state index in [4.69, 9.17) is 10.5 Å². The number of anilines is 1. The predicted octanol–water partition coefficient (Wildman–Crippen LogP) is 1.38. The van der Waals surface area contributed by atoms with Gasteiger partial charge in [0.2, 0.25) is 0 Å². The number of hydrogen-bond donors (Lipinski definition) is 3. The van der Waals surface area contributed by atoms with Gasteiger partial charge in [-0.25, -0.2) is 0 Å². The summed E-state index contributed by atoms with van der Waals surface area (Å²) in [5, 5.41) is 10.3. The standard InChI is InChI=1S/C13H18N4O/c1-18-11-4-2-10(3-5-11)8-12-13(9-16-17-12)15-7-6-14/h2-5,9,15H,6-8,14H2,1H3,(H,16,17). The molecule has 0 saturated heterocycles. The summed E-state index contributed by atoms with van der Waals surface area (Å²) in [5.74, 6) is 0.866. The molecule has 5 nitrogen and oxygen atoms in total. The van der Waals surface area contributed by atoms with Crippen molar-refractivity contribution in [2.75, 3.05) is 25.5 Å². The van der Waals surface area contributed by atoms with Crippen LogP contribution in [-0.4, -0.2) is 30.4 Å². The van der Waals surface area contributed by atoms with Crippen LogP contribution < -0.4 is 15.8 Å². The Hall–Kier alpha value is -2.01. The Morgan fingerprint density at radius 3 is 2.78 bits per heavy atom. The molecular formula is C13H18N4O. The molecule has 0 atom stereocenters. The number of nitrogens with zero attached hydrogens (tertiary/aromatic N) is 1. The van der Waals surface area contributed by atoms with E-state index in [-0.39, 0.29) is 0 Å². The summed E-state index contributed by atoms with van der Waals surface area (Å²) in [6, 6.07) is 8.01. The molecule has 96 valence electrons. The SMILES string of the molecule is COc1ccc(Cc2[nH]ncc2NCCN)cc1. The molecule has 1 aromatic heterocycles. The van der Waals surface area contributed by atoms with Crippen molar-refractivity contribution in [1.29, 1.82) is 0 Å². The quantitative estimate of drug-likeness (QED) is 0.719. The second kappa shape index (κ2) is 6.07. The van der Waals surface area contributed by atoms with Gasteiger partial charge in [-0.05, 0) is 17.7 Å². The Kier molecular flexibility index (Phi) is 4.20. The first-order valence-electron chi connectivity index (χ1n) is 5.92. The van der Waals surface area contributed by atoms with E-state index in [9.17, 15) is 0 Å². The summed E-state index contributed by atoms with van der Waals surface area (Å²) < 4.78 is 5.13. The van der Waals surface area contributed by atoms with Gasteiger partial charge >= 0.3 is 0 Å². The highest BCUT2D eigenvalue weighted by atomic mass is 16.5. The Balaban J connectivity index is 2.05. The number of ether oxygens (including phenoxy) is 1. The van der Waals surface area contributed by atoms with Crippen LogP contribution >= 0.6 is 0 Å². The topological polar surface area (TPSA) is 76.0 Å². The van der Waals surface area contributed by atoms with Crippen LogP contribution in [0.5, 0.6) is 5.75 Å². The van der Waals surface area contributed by atoms with Crippen molar-refractivity contribution in [3.63, 3.8) is 0 Å². The predicted molar refractivity (Wildman–Crippen MR) is 71.9 cm³/mol. The van der Waals surface area contributed by atoms with E-state index < -0.39 is 0 Å². The van der Waals surface area contributed by atoms with Crippen molar-refractivity contribution >= 4 is 5.69 Å². The molecule has 1 heterocycles. The number of aromatic amines is 1. The first kappa shape index (κ1) is 12.4. The Bertz CT molecular complexity index is 478. The monoisotopic (exact) mass is 246 g/mol. The molecule has 0 fully saturated rings. The summed E-state index contributed by atoms with van der Waals surface area (Å²) in [5.41, 5.74) is 8.75. The zero-order valence-electron chi connectivity index (χ0n) is 10.4. The molecule has 5 heteroatoms. The van der Waals surface area contributed by atoms with Gasteiger partial charge in [0.05, 0.1) is 24.7 Å². The highest BCUT2D eigenvalue weighted by molar-refractivity contribution is 5.48. The maximum absolute atomic E-state index is 5.47. The Morgan fingerprint density at radius 1 is 1.33 bits per heavy atom. The van der Waals surface area contributed by atoms with Crippen LogP contribution in [0.1, 0.15) is 11.3 Å². The molecule has 0 aliphatic carbocycles. The molecule has 0 spiro atoms. The summed E-state index contributed by atoms with van der Waals surface area (Å²) in [7, 11) is 1.67. The molecule has 0 bridgehead atoms. The number of methoxy groups -OCH3 is 1. The van der Waals surface area contributed by atoms with Gasteiger partial charge in [-0.2, -0.15) is 5.10 Å². The Morgan fingerprint density at radius 2 is 2.11 bits per heavy atom. The summed E-state index contributed by atoms with van der Waals surface area (Å²) in [6.07, 6.45) is 2.59. The average Bonchev–Trinajstić information content (AvgIpc) is 2.84. The van der Waals surface area contributed by atoms with Gasteiger partial charge in [-0.15, -0.1) is 0 Å². The third-order valence-corrected chi connectivity index (χ3v) is 2.72. The average molecular weight is 246 g/mol. The van der Waals surface area contributed by atoms with Crippen molar-refractivity contribution in [2.45, 2.75) is 6.42 Å². The van der Waals surface area contributed by atoms with E-state index in [1.54, 1.807) is 13.3 Å². The molecule has 18 heavy (non-hydrogen) atoms. The molecule has 0 aliphatic heterocycles. The van der Waals surface area contributed by atoms with E-state index in [1.807, 2.05) is 24.3 Å². The van der Waals surface area contributed by atoms with Gasteiger partial charge < -0.3 is 15.8 Å². The first-order valence-corrected chi connectivity index (χ1v) is 5.92. The summed E-state index contributed by atoms with van der Waals surface area (Å²) in [4.78, 5) is 0. The summed E-state index contributed by atoms with van der Waals surface area (Å²) in [6.45, 7) is 1.35. The van der Waals surface area contributed by atoms with Crippen LogP contribution in [0.3, 0.4) is 0 Å². The van der Waals surface area contributed by atoms with Crippen molar-refractivity contribution in [1.82, 2.24) is 10.2 Å². The number of rotatable bonds is 6. The number of nitrogens with one attached hydrogen (secondary N) is 2. The van der Waals surface area contributed by atoms with E-state index >= 15 is 0 Å². The zero-order valence-corrected chi connectivity index (χ0v) is 10.4. The van der Waals surface area contributed by atoms with Crippen molar-refractivity contribution in [3.8, 4) is 5.75 Å². The Labute approximate surface area is 106 Å². The van der Waals surface area contributed by atoms with Crippen LogP contribution in [0, 0.1) is 0 Å². The van der Waals surface area contributed by atoms with E-state index in [0.717, 1.165) is 30.1 Å². The molecule has 4 N–H and O–H groups in total. The van der Waals surface area contributed by atoms with Crippen molar-refractivity contribution < 1.29 is 4.74 Å². The highest BCUT2D eigenvalue weighted by Crippen LogP contribution is 2.18. The smallest absolute Gasteiger partial charge is 0.118 e. The fraction of sp³-hybridized carbons (Fsp3) is 0.308. The van der Waals surface area contributed by atoms with E-state index in [2.05, 4.69) is 15.5 Å². The third kappa shape index (κ3) is 3.01. The van der Waals surface area contributed by atoms with Crippen LogP contribution in [0.25, 0.3) is 0 Å². The first-order chi connectivity index (χ1) is 8.83. The number of nitrogens with two attached hydrogens (primary N) is 1. The molecule has 1 aromatic carbocycles. The molecule has 2 aromatic rings. The van der Waals surface area contributed by atoms with Crippen LogP contribution in [0.2, 0.25) is 0 Å². The zero-order chi connectivity index (χ0) is 12.8. The van der Waals surface area contributed by atoms with Crippen LogP contribution in [0.4, 0.5) is 5.69 Å². The lowest BCUT2D eigenvalue weighted by atomic mass is 10.1. The minimum absolute atomic E-state index is 0.604. The van der Waals surface area contributed by atoms with Gasteiger partial charge in [0.25, 0.3) is 0 Å². The van der Waals surface area contributed by atoms with Gasteiger partial charge in [-0.1, -0.05) is 12.1 Å². The maximum atomic E-state index is 5.47. The van der Waals surface area contributed by atoms with E-state index in [0.29, 0.717) is 6.54 Å². The lowest BCUT2D eigenvalue weighted by Crippen LogP contribution is -2.13. The second-order valence-electron chi connectivity index (χ2n) is 4.00. The molecule has 0 unspecified atom stereocenters. The lowest BCUT2D eigenvalue weighted by Gasteiger charge is -2.06. The fourth-order valence-electron chi connectivity index (χ4n) is 1.75. The van der Waals surface area contributed by atoms with Gasteiger partial charge in [0.1, 0.15) is 5.75 Å². The second-order valence-corrected chi connectivity index (χ2v) is 4.00. The minimum Gasteiger partial charge on any atom is -0.497 e. The number of hydrogen-bond acceptors (Lipinski definition) is 4. The molecule has 0 radical (unpaired) electrons. The number of H-pyrrole nitrogens is 1. The van der Waals surface area contributed by atoms with Gasteiger partial charge in [0.15, 0.2) is 0 Å². The highest BCUT2D eigenvalue weighted by Gasteiger charge is 2.05. The largest absolute Gasteiger partial charge is 0.497 e.